The highest BCUT2D eigenvalue weighted by Crippen LogP contribution is 2.41. The van der Waals surface area contributed by atoms with Gasteiger partial charge in [0.25, 0.3) is 5.91 Å². The predicted octanol–water partition coefficient (Wildman–Crippen LogP) is 7.59. The summed E-state index contributed by atoms with van der Waals surface area (Å²) in [7, 11) is 0. The van der Waals surface area contributed by atoms with E-state index in [0.29, 0.717) is 11.4 Å². The molecule has 12 heteroatoms. The summed E-state index contributed by atoms with van der Waals surface area (Å²) in [6.45, 7) is 0. The Balaban J connectivity index is 1.67. The standard InChI is InChI=1S/C22H13Cl4IN2O4S/c23-17-15(16(22(32)33)18(24)20(26)19(17)25)21(31)29-12-5-7-13(8-6-12)34-9-14(30)28-11-3-1-10(27)2-4-11/h1-8H,9H2,(H,28,30)(H,29,31)(H,32,33). The number of carboxylic acids is 1. The minimum Gasteiger partial charge on any atom is -0.478 e. The van der Waals surface area contributed by atoms with Crippen molar-refractivity contribution in [1.29, 1.82) is 0 Å². The van der Waals surface area contributed by atoms with E-state index in [-0.39, 0.29) is 31.8 Å². The number of amides is 2. The normalized spacial score (nSPS) is 10.6. The summed E-state index contributed by atoms with van der Waals surface area (Å²) in [5.74, 6) is -2.26. The van der Waals surface area contributed by atoms with Crippen LogP contribution in [0.15, 0.2) is 53.4 Å². The third kappa shape index (κ3) is 6.50. The molecule has 0 aliphatic carbocycles. The number of thioether (sulfide) groups is 1. The maximum atomic E-state index is 12.8. The van der Waals surface area contributed by atoms with Crippen LogP contribution in [0.5, 0.6) is 0 Å². The average molecular weight is 670 g/mol. The van der Waals surface area contributed by atoms with Crippen LogP contribution in [0.2, 0.25) is 20.1 Å². The van der Waals surface area contributed by atoms with Crippen LogP contribution in [0.25, 0.3) is 0 Å². The molecule has 2 amide bonds. The quantitative estimate of drug-likeness (QED) is 0.104. The molecule has 0 heterocycles. The van der Waals surface area contributed by atoms with E-state index in [1.165, 1.54) is 11.8 Å². The van der Waals surface area contributed by atoms with Gasteiger partial charge in [0, 0.05) is 19.8 Å². The molecule has 0 spiro atoms. The molecule has 0 atom stereocenters. The fourth-order valence-corrected chi connectivity index (χ4v) is 4.83. The molecule has 0 radical (unpaired) electrons. The van der Waals surface area contributed by atoms with Crippen molar-refractivity contribution in [2.45, 2.75) is 4.90 Å². The van der Waals surface area contributed by atoms with Gasteiger partial charge in [-0.15, -0.1) is 11.8 Å². The molecular formula is C22H13Cl4IN2O4S. The first-order valence-corrected chi connectivity index (χ1v) is 12.8. The highest BCUT2D eigenvalue weighted by Gasteiger charge is 2.28. The number of halogens is 5. The molecular weight excluding hydrogens is 657 g/mol. The molecule has 0 aromatic heterocycles. The molecule has 34 heavy (non-hydrogen) atoms. The van der Waals surface area contributed by atoms with Crippen LogP contribution in [0.4, 0.5) is 11.4 Å². The summed E-state index contributed by atoms with van der Waals surface area (Å²) in [5, 5.41) is 13.7. The van der Waals surface area contributed by atoms with Crippen LogP contribution in [-0.4, -0.2) is 28.6 Å². The Morgan fingerprint density at radius 1 is 0.765 bits per heavy atom. The summed E-state index contributed by atoms with van der Waals surface area (Å²) in [5.41, 5.74) is 0.127. The van der Waals surface area contributed by atoms with Crippen LogP contribution in [0.1, 0.15) is 20.7 Å². The molecule has 3 aromatic carbocycles. The van der Waals surface area contributed by atoms with Gasteiger partial charge in [0.1, 0.15) is 0 Å². The number of nitrogens with one attached hydrogen (secondary N) is 2. The number of hydrogen-bond donors (Lipinski definition) is 3. The average Bonchev–Trinajstić information content (AvgIpc) is 2.80. The van der Waals surface area contributed by atoms with Crippen LogP contribution < -0.4 is 10.6 Å². The highest BCUT2D eigenvalue weighted by atomic mass is 127. The lowest BCUT2D eigenvalue weighted by Gasteiger charge is -2.14. The zero-order valence-corrected chi connectivity index (χ0v) is 22.8. The highest BCUT2D eigenvalue weighted by molar-refractivity contribution is 14.1. The number of carbonyl (C=O) groups is 3. The summed E-state index contributed by atoms with van der Waals surface area (Å²) in [6, 6.07) is 14.1. The molecule has 6 nitrogen and oxygen atoms in total. The molecule has 0 bridgehead atoms. The third-order valence-electron chi connectivity index (χ3n) is 4.32. The Morgan fingerprint density at radius 3 is 1.82 bits per heavy atom. The maximum Gasteiger partial charge on any atom is 0.338 e. The van der Waals surface area contributed by atoms with Crippen molar-refractivity contribution in [1.82, 2.24) is 0 Å². The number of anilines is 2. The summed E-state index contributed by atoms with van der Waals surface area (Å²) >= 11 is 27.5. The van der Waals surface area contributed by atoms with Crippen molar-refractivity contribution in [3.63, 3.8) is 0 Å². The van der Waals surface area contributed by atoms with E-state index in [9.17, 15) is 19.5 Å². The van der Waals surface area contributed by atoms with Gasteiger partial charge in [-0.2, -0.15) is 0 Å². The van der Waals surface area contributed by atoms with E-state index in [0.717, 1.165) is 8.47 Å². The lowest BCUT2D eigenvalue weighted by atomic mass is 10.1. The monoisotopic (exact) mass is 668 g/mol. The van der Waals surface area contributed by atoms with Crippen LogP contribution in [0, 0.1) is 3.57 Å². The molecule has 0 saturated heterocycles. The first kappa shape index (κ1) is 26.9. The van der Waals surface area contributed by atoms with Crippen LogP contribution >= 0.6 is 80.8 Å². The molecule has 0 saturated carbocycles. The van der Waals surface area contributed by atoms with Crippen molar-refractivity contribution in [3.05, 3.63) is 83.3 Å². The number of carbonyl (C=O) groups excluding carboxylic acids is 2. The molecule has 3 N–H and O–H groups in total. The fourth-order valence-electron chi connectivity index (χ4n) is 2.75. The van der Waals surface area contributed by atoms with Crippen molar-refractivity contribution in [2.24, 2.45) is 0 Å². The second kappa shape index (κ2) is 11.8. The first-order chi connectivity index (χ1) is 16.1. The predicted molar refractivity (Wildman–Crippen MR) is 146 cm³/mol. The Morgan fingerprint density at radius 2 is 1.26 bits per heavy atom. The molecule has 176 valence electrons. The van der Waals surface area contributed by atoms with Gasteiger partial charge in [0.2, 0.25) is 5.91 Å². The van der Waals surface area contributed by atoms with Crippen molar-refractivity contribution < 1.29 is 19.5 Å². The van der Waals surface area contributed by atoms with Gasteiger partial charge in [-0.25, -0.2) is 4.79 Å². The Kier molecular flexibility index (Phi) is 9.36. The SMILES string of the molecule is O=C(CSc1ccc(NC(=O)c2c(Cl)c(Cl)c(Cl)c(Cl)c2C(=O)O)cc1)Nc1ccc(I)cc1. The van der Waals surface area contributed by atoms with E-state index >= 15 is 0 Å². The minimum atomic E-state index is -1.48. The number of hydrogen-bond acceptors (Lipinski definition) is 4. The van der Waals surface area contributed by atoms with Crippen molar-refractivity contribution >= 4 is 110 Å². The molecule has 0 aliphatic heterocycles. The molecule has 3 rings (SSSR count). The van der Waals surface area contributed by atoms with E-state index < -0.39 is 23.0 Å². The maximum absolute atomic E-state index is 12.8. The topological polar surface area (TPSA) is 95.5 Å². The number of aromatic carboxylic acids is 1. The van der Waals surface area contributed by atoms with Gasteiger partial charge in [0.15, 0.2) is 0 Å². The second-order valence-electron chi connectivity index (χ2n) is 6.63. The Labute approximate surface area is 232 Å². The van der Waals surface area contributed by atoms with Gasteiger partial charge >= 0.3 is 5.97 Å². The summed E-state index contributed by atoms with van der Waals surface area (Å²) < 4.78 is 1.07. The van der Waals surface area contributed by atoms with Gasteiger partial charge < -0.3 is 15.7 Å². The van der Waals surface area contributed by atoms with Crippen molar-refractivity contribution in [3.8, 4) is 0 Å². The lowest BCUT2D eigenvalue weighted by molar-refractivity contribution is -0.113. The number of rotatable bonds is 7. The molecule has 0 unspecified atom stereocenters. The Hall–Kier alpha value is -1.69. The fraction of sp³-hybridized carbons (Fsp3) is 0.0455. The van der Waals surface area contributed by atoms with Gasteiger partial charge in [-0.3, -0.25) is 9.59 Å². The van der Waals surface area contributed by atoms with E-state index in [1.807, 2.05) is 24.3 Å². The zero-order valence-electron chi connectivity index (χ0n) is 16.8. The molecule has 3 aromatic rings. The largest absolute Gasteiger partial charge is 0.478 e. The van der Waals surface area contributed by atoms with Gasteiger partial charge in [-0.05, 0) is 71.1 Å². The number of carboxylic acid groups (broad SMARTS) is 1. The van der Waals surface area contributed by atoms with E-state index in [4.69, 9.17) is 46.4 Å². The second-order valence-corrected chi connectivity index (χ2v) is 10.4. The smallest absolute Gasteiger partial charge is 0.338 e. The first-order valence-electron chi connectivity index (χ1n) is 9.27. The van der Waals surface area contributed by atoms with Crippen LogP contribution in [-0.2, 0) is 4.79 Å². The van der Waals surface area contributed by atoms with Crippen LogP contribution in [0.3, 0.4) is 0 Å². The van der Waals surface area contributed by atoms with Crippen molar-refractivity contribution in [2.75, 3.05) is 16.4 Å². The van der Waals surface area contributed by atoms with E-state index in [2.05, 4.69) is 33.2 Å². The molecule has 0 fully saturated rings. The minimum absolute atomic E-state index is 0.157. The Bertz CT molecular complexity index is 1270. The van der Waals surface area contributed by atoms with E-state index in [1.54, 1.807) is 24.3 Å². The van der Waals surface area contributed by atoms with Gasteiger partial charge in [-0.1, -0.05) is 46.4 Å². The molecule has 0 aliphatic rings. The van der Waals surface area contributed by atoms with Gasteiger partial charge in [0.05, 0.1) is 37.0 Å². The lowest BCUT2D eigenvalue weighted by Crippen LogP contribution is -2.18. The summed E-state index contributed by atoms with van der Waals surface area (Å²) in [4.78, 5) is 37.4. The number of benzene rings is 3. The zero-order chi connectivity index (χ0) is 25.0. The summed E-state index contributed by atoms with van der Waals surface area (Å²) in [6.07, 6.45) is 0. The third-order valence-corrected chi connectivity index (χ3v) is 7.85.